The molecule has 0 amide bonds. The van der Waals surface area contributed by atoms with Crippen LogP contribution in [0.15, 0.2) is 17.0 Å². The summed E-state index contributed by atoms with van der Waals surface area (Å²) in [7, 11) is -3.69. The molecule has 7 heteroatoms. The smallest absolute Gasteiger partial charge is 0.243 e. The highest BCUT2D eigenvalue weighted by Crippen LogP contribution is 2.30. The Morgan fingerprint density at radius 3 is 2.65 bits per heavy atom. The van der Waals surface area contributed by atoms with Crippen LogP contribution in [0.1, 0.15) is 25.3 Å². The number of aliphatic hydroxyl groups is 1. The van der Waals surface area contributed by atoms with Crippen LogP contribution in [-0.2, 0) is 10.0 Å². The molecule has 0 aliphatic carbocycles. The summed E-state index contributed by atoms with van der Waals surface area (Å²) in [6.07, 6.45) is 1.22. The molecule has 1 saturated heterocycles. The number of halogens is 1. The Bertz CT molecular complexity index is 605. The summed E-state index contributed by atoms with van der Waals surface area (Å²) < 4.78 is 26.5. The minimum Gasteiger partial charge on any atom is -0.398 e. The summed E-state index contributed by atoms with van der Waals surface area (Å²) in [6.45, 7) is 3.86. The van der Waals surface area contributed by atoms with Gasteiger partial charge in [0.25, 0.3) is 0 Å². The largest absolute Gasteiger partial charge is 0.398 e. The van der Waals surface area contributed by atoms with Gasteiger partial charge in [-0.25, -0.2) is 8.42 Å². The fourth-order valence-corrected chi connectivity index (χ4v) is 4.30. The molecule has 0 aromatic heterocycles. The van der Waals surface area contributed by atoms with Gasteiger partial charge in [-0.2, -0.15) is 4.31 Å². The van der Waals surface area contributed by atoms with Crippen LogP contribution in [0.3, 0.4) is 0 Å². The summed E-state index contributed by atoms with van der Waals surface area (Å²) in [5.74, 6) is 0. The summed E-state index contributed by atoms with van der Waals surface area (Å²) in [4.78, 5) is 0.0725. The zero-order valence-corrected chi connectivity index (χ0v) is 13.1. The third kappa shape index (κ3) is 2.93. The first-order valence-electron chi connectivity index (χ1n) is 6.42. The van der Waals surface area contributed by atoms with E-state index < -0.39 is 15.6 Å². The predicted octanol–water partition coefficient (Wildman–Crippen LogP) is 1.77. The first-order chi connectivity index (χ1) is 9.13. The third-order valence-electron chi connectivity index (χ3n) is 3.64. The normalized spacial score (nSPS) is 24.8. The molecule has 2 rings (SSSR count). The zero-order chi connectivity index (χ0) is 15.1. The van der Waals surface area contributed by atoms with Crippen molar-refractivity contribution in [3.8, 4) is 0 Å². The van der Waals surface area contributed by atoms with Gasteiger partial charge in [0.2, 0.25) is 10.0 Å². The molecule has 0 spiro atoms. The van der Waals surface area contributed by atoms with Crippen molar-refractivity contribution in [2.45, 2.75) is 37.2 Å². The molecular weight excluding hydrogens is 300 g/mol. The molecule has 0 bridgehead atoms. The van der Waals surface area contributed by atoms with Crippen molar-refractivity contribution in [2.24, 2.45) is 0 Å². The van der Waals surface area contributed by atoms with Crippen molar-refractivity contribution in [1.29, 1.82) is 0 Å². The number of rotatable bonds is 2. The van der Waals surface area contributed by atoms with E-state index in [1.807, 2.05) is 0 Å². The van der Waals surface area contributed by atoms with Crippen LogP contribution in [0.2, 0.25) is 5.02 Å². The second kappa shape index (κ2) is 5.18. The van der Waals surface area contributed by atoms with Crippen LogP contribution in [0.4, 0.5) is 5.69 Å². The monoisotopic (exact) mass is 318 g/mol. The fraction of sp³-hybridized carbons (Fsp3) is 0.538. The second-order valence-electron chi connectivity index (χ2n) is 5.56. The van der Waals surface area contributed by atoms with E-state index in [2.05, 4.69) is 0 Å². The van der Waals surface area contributed by atoms with Crippen LogP contribution < -0.4 is 5.73 Å². The number of nitrogens with zero attached hydrogens (tertiary/aromatic N) is 1. The molecule has 0 saturated carbocycles. The maximum atomic E-state index is 12.6. The number of piperidine rings is 1. The van der Waals surface area contributed by atoms with E-state index in [0.29, 0.717) is 35.7 Å². The lowest BCUT2D eigenvalue weighted by Gasteiger charge is -2.36. The Morgan fingerprint density at radius 1 is 1.45 bits per heavy atom. The molecular formula is C13H19ClN2O3S. The van der Waals surface area contributed by atoms with Crippen molar-refractivity contribution in [3.05, 3.63) is 22.7 Å². The molecule has 1 aromatic rings. The van der Waals surface area contributed by atoms with Gasteiger partial charge in [-0.15, -0.1) is 0 Å². The van der Waals surface area contributed by atoms with E-state index in [-0.39, 0.29) is 11.4 Å². The lowest BCUT2D eigenvalue weighted by Crippen LogP contribution is -2.48. The van der Waals surface area contributed by atoms with E-state index in [9.17, 15) is 13.5 Å². The number of nitrogens with two attached hydrogens (primary N) is 1. The van der Waals surface area contributed by atoms with E-state index in [1.54, 1.807) is 13.8 Å². The molecule has 5 nitrogen and oxygen atoms in total. The summed E-state index contributed by atoms with van der Waals surface area (Å²) in [6, 6.07) is 2.83. The van der Waals surface area contributed by atoms with Gasteiger partial charge in [-0.05, 0) is 44.4 Å². The van der Waals surface area contributed by atoms with E-state index in [1.165, 1.54) is 16.4 Å². The Kier molecular flexibility index (Phi) is 4.03. The molecule has 1 aliphatic heterocycles. The maximum Gasteiger partial charge on any atom is 0.243 e. The fourth-order valence-electron chi connectivity index (χ4n) is 2.35. The molecule has 1 atom stereocenters. The van der Waals surface area contributed by atoms with Gasteiger partial charge in [0, 0.05) is 23.8 Å². The van der Waals surface area contributed by atoms with Crippen LogP contribution in [0.25, 0.3) is 0 Å². The Hall–Kier alpha value is -0.820. The molecule has 20 heavy (non-hydrogen) atoms. The van der Waals surface area contributed by atoms with Gasteiger partial charge in [0.05, 0.1) is 10.5 Å². The van der Waals surface area contributed by atoms with Crippen molar-refractivity contribution in [3.63, 3.8) is 0 Å². The van der Waals surface area contributed by atoms with Gasteiger partial charge < -0.3 is 10.8 Å². The second-order valence-corrected chi connectivity index (χ2v) is 7.90. The number of hydrogen-bond acceptors (Lipinski definition) is 4. The molecule has 0 radical (unpaired) electrons. The third-order valence-corrected chi connectivity index (χ3v) is 5.85. The van der Waals surface area contributed by atoms with Crippen molar-refractivity contribution in [2.75, 3.05) is 18.8 Å². The quantitative estimate of drug-likeness (QED) is 0.814. The van der Waals surface area contributed by atoms with Crippen molar-refractivity contribution in [1.82, 2.24) is 4.31 Å². The molecule has 1 fully saturated rings. The average molecular weight is 319 g/mol. The maximum absolute atomic E-state index is 12.6. The minimum atomic E-state index is -3.69. The molecule has 1 unspecified atom stereocenters. The lowest BCUT2D eigenvalue weighted by molar-refractivity contribution is 0.00940. The summed E-state index contributed by atoms with van der Waals surface area (Å²) >= 11 is 6.01. The van der Waals surface area contributed by atoms with Gasteiger partial charge in [-0.3, -0.25) is 0 Å². The lowest BCUT2D eigenvalue weighted by atomic mass is 9.97. The van der Waals surface area contributed by atoms with Gasteiger partial charge in [-0.1, -0.05) is 11.6 Å². The molecule has 1 heterocycles. The van der Waals surface area contributed by atoms with Gasteiger partial charge >= 0.3 is 0 Å². The topological polar surface area (TPSA) is 83.6 Å². The molecule has 3 N–H and O–H groups in total. The van der Waals surface area contributed by atoms with Crippen LogP contribution in [-0.4, -0.2) is 36.5 Å². The number of β-amino-alcohol motifs (C(OH)–C–C–N with tert-alkyl or cyclic N) is 1. The Balaban J connectivity index is 2.40. The first-order valence-corrected chi connectivity index (χ1v) is 8.23. The van der Waals surface area contributed by atoms with Crippen LogP contribution in [0.5, 0.6) is 0 Å². The molecule has 1 aliphatic rings. The SMILES string of the molecule is Cc1c(N)cc(S(=O)(=O)N2CCCC(C)(O)C2)cc1Cl. The average Bonchev–Trinajstić information content (AvgIpc) is 2.34. The zero-order valence-electron chi connectivity index (χ0n) is 11.6. The van der Waals surface area contributed by atoms with Crippen molar-refractivity contribution < 1.29 is 13.5 Å². The highest BCUT2D eigenvalue weighted by Gasteiger charge is 2.35. The number of hydrogen-bond donors (Lipinski definition) is 2. The minimum absolute atomic E-state index is 0.0725. The number of benzene rings is 1. The standard InChI is InChI=1S/C13H19ClN2O3S/c1-9-11(14)6-10(7-12(9)15)20(18,19)16-5-3-4-13(2,17)8-16/h6-7,17H,3-5,8,15H2,1-2H3. The van der Waals surface area contributed by atoms with E-state index in [4.69, 9.17) is 17.3 Å². The number of nitrogen functional groups attached to an aromatic ring is 1. The van der Waals surface area contributed by atoms with E-state index in [0.717, 1.165) is 0 Å². The van der Waals surface area contributed by atoms with Crippen LogP contribution >= 0.6 is 11.6 Å². The first kappa shape index (κ1) is 15.6. The predicted molar refractivity (Wildman–Crippen MR) is 79.2 cm³/mol. The number of sulfonamides is 1. The number of anilines is 1. The molecule has 112 valence electrons. The van der Waals surface area contributed by atoms with Crippen molar-refractivity contribution >= 4 is 27.3 Å². The Labute approximate surface area is 124 Å². The highest BCUT2D eigenvalue weighted by atomic mass is 35.5. The summed E-state index contributed by atoms with van der Waals surface area (Å²) in [5, 5.41) is 10.4. The van der Waals surface area contributed by atoms with Gasteiger partial charge in [0.1, 0.15) is 0 Å². The molecule has 1 aromatic carbocycles. The van der Waals surface area contributed by atoms with Gasteiger partial charge in [0.15, 0.2) is 0 Å². The van der Waals surface area contributed by atoms with Crippen LogP contribution in [0, 0.1) is 6.92 Å². The summed E-state index contributed by atoms with van der Waals surface area (Å²) in [5.41, 5.74) is 5.80. The highest BCUT2D eigenvalue weighted by molar-refractivity contribution is 7.89. The Morgan fingerprint density at radius 2 is 2.10 bits per heavy atom. The van der Waals surface area contributed by atoms with E-state index >= 15 is 0 Å².